The Balaban J connectivity index is 1.55. The van der Waals surface area contributed by atoms with E-state index in [1.165, 1.54) is 0 Å². The van der Waals surface area contributed by atoms with Crippen LogP contribution in [0.15, 0.2) is 43.0 Å². The minimum atomic E-state index is 0.551. The van der Waals surface area contributed by atoms with Gasteiger partial charge in [-0.3, -0.25) is 4.98 Å². The van der Waals surface area contributed by atoms with Crippen molar-refractivity contribution in [1.29, 1.82) is 0 Å². The first kappa shape index (κ1) is 16.7. The standard InChI is InChI=1S/C19H18N8O/c1-13-15(16-4-7-21-18(23-16)26-8-10-28-11-9-26)12-22-19-24-17(25-27(13)19)14-2-5-20-6-3-14/h2-7,12H,8-11H2,1H3. The Morgan fingerprint density at radius 3 is 2.61 bits per heavy atom. The number of ether oxygens (including phenoxy) is 1. The van der Waals surface area contributed by atoms with E-state index in [1.807, 2.05) is 25.1 Å². The lowest BCUT2D eigenvalue weighted by Gasteiger charge is -2.26. The van der Waals surface area contributed by atoms with Crippen molar-refractivity contribution in [3.05, 3.63) is 48.7 Å². The predicted molar refractivity (Wildman–Crippen MR) is 103 cm³/mol. The number of fused-ring (bicyclic) bond motifs is 1. The van der Waals surface area contributed by atoms with Crippen LogP contribution >= 0.6 is 0 Å². The smallest absolute Gasteiger partial charge is 0.252 e. The van der Waals surface area contributed by atoms with Crippen molar-refractivity contribution in [2.24, 2.45) is 0 Å². The Morgan fingerprint density at radius 1 is 0.964 bits per heavy atom. The molecule has 0 aromatic carbocycles. The highest BCUT2D eigenvalue weighted by Gasteiger charge is 2.17. The number of nitrogens with zero attached hydrogens (tertiary/aromatic N) is 8. The molecule has 0 atom stereocenters. The largest absolute Gasteiger partial charge is 0.378 e. The summed E-state index contributed by atoms with van der Waals surface area (Å²) in [6.45, 7) is 4.95. The van der Waals surface area contributed by atoms with E-state index in [1.54, 1.807) is 29.3 Å². The molecule has 0 amide bonds. The molecule has 1 aliphatic heterocycles. The van der Waals surface area contributed by atoms with Crippen LogP contribution in [0.4, 0.5) is 5.95 Å². The van der Waals surface area contributed by atoms with Crippen molar-refractivity contribution in [3.63, 3.8) is 0 Å². The number of aromatic nitrogens is 7. The Labute approximate surface area is 161 Å². The van der Waals surface area contributed by atoms with Gasteiger partial charge in [-0.05, 0) is 25.1 Å². The number of rotatable bonds is 3. The molecule has 1 fully saturated rings. The highest BCUT2D eigenvalue weighted by Crippen LogP contribution is 2.24. The maximum atomic E-state index is 5.41. The summed E-state index contributed by atoms with van der Waals surface area (Å²) in [7, 11) is 0. The average molecular weight is 374 g/mol. The molecule has 9 nitrogen and oxygen atoms in total. The van der Waals surface area contributed by atoms with Crippen molar-refractivity contribution >= 4 is 11.7 Å². The van der Waals surface area contributed by atoms with Gasteiger partial charge in [-0.2, -0.15) is 4.98 Å². The van der Waals surface area contributed by atoms with Crippen molar-refractivity contribution in [3.8, 4) is 22.6 Å². The predicted octanol–water partition coefficient (Wildman–Crippen LogP) is 1.79. The Hall–Kier alpha value is -3.46. The molecule has 28 heavy (non-hydrogen) atoms. The summed E-state index contributed by atoms with van der Waals surface area (Å²) in [6, 6.07) is 5.65. The number of pyridine rings is 1. The SMILES string of the molecule is Cc1c(-c2ccnc(N3CCOCC3)n2)cnc2nc(-c3ccncc3)nn12. The molecular weight excluding hydrogens is 356 g/mol. The molecule has 9 heteroatoms. The zero-order valence-corrected chi connectivity index (χ0v) is 15.4. The number of anilines is 1. The molecule has 0 aliphatic carbocycles. The minimum absolute atomic E-state index is 0.551. The van der Waals surface area contributed by atoms with Gasteiger partial charge in [0.2, 0.25) is 5.95 Å². The Morgan fingerprint density at radius 2 is 1.79 bits per heavy atom. The van der Waals surface area contributed by atoms with Gasteiger partial charge in [0.1, 0.15) is 0 Å². The van der Waals surface area contributed by atoms with Crippen molar-refractivity contribution < 1.29 is 4.74 Å². The minimum Gasteiger partial charge on any atom is -0.378 e. The van der Waals surface area contributed by atoms with E-state index >= 15 is 0 Å². The van der Waals surface area contributed by atoms with Gasteiger partial charge in [0.05, 0.1) is 24.6 Å². The van der Waals surface area contributed by atoms with Crippen LogP contribution < -0.4 is 4.90 Å². The summed E-state index contributed by atoms with van der Waals surface area (Å²) in [6.07, 6.45) is 7.02. The lowest BCUT2D eigenvalue weighted by molar-refractivity contribution is 0.122. The monoisotopic (exact) mass is 374 g/mol. The van der Waals surface area contributed by atoms with Crippen LogP contribution in [0.1, 0.15) is 5.69 Å². The molecule has 1 aliphatic rings. The summed E-state index contributed by atoms with van der Waals surface area (Å²) in [5.41, 5.74) is 3.53. The fourth-order valence-corrected chi connectivity index (χ4v) is 3.23. The van der Waals surface area contributed by atoms with Gasteiger partial charge < -0.3 is 9.64 Å². The molecule has 0 radical (unpaired) electrons. The molecule has 0 N–H and O–H groups in total. The van der Waals surface area contributed by atoms with Gasteiger partial charge >= 0.3 is 0 Å². The molecular formula is C19H18N8O. The number of morpholine rings is 1. The fourth-order valence-electron chi connectivity index (χ4n) is 3.23. The summed E-state index contributed by atoms with van der Waals surface area (Å²) < 4.78 is 7.16. The normalized spacial score (nSPS) is 14.5. The summed E-state index contributed by atoms with van der Waals surface area (Å²) >= 11 is 0. The van der Waals surface area contributed by atoms with Crippen molar-refractivity contribution in [2.75, 3.05) is 31.2 Å². The molecule has 4 aromatic heterocycles. The topological polar surface area (TPSA) is 94.2 Å². The van der Waals surface area contributed by atoms with Crippen LogP contribution in [0.2, 0.25) is 0 Å². The zero-order valence-electron chi connectivity index (χ0n) is 15.4. The van der Waals surface area contributed by atoms with Gasteiger partial charge in [0, 0.05) is 49.0 Å². The first-order valence-electron chi connectivity index (χ1n) is 9.08. The number of aryl methyl sites for hydroxylation is 1. The van der Waals surface area contributed by atoms with Gasteiger partial charge in [-0.25, -0.2) is 19.5 Å². The van der Waals surface area contributed by atoms with Crippen molar-refractivity contribution in [2.45, 2.75) is 6.92 Å². The second-order valence-corrected chi connectivity index (χ2v) is 6.48. The van der Waals surface area contributed by atoms with Gasteiger partial charge in [-0.15, -0.1) is 5.10 Å². The first-order chi connectivity index (χ1) is 13.8. The highest BCUT2D eigenvalue weighted by atomic mass is 16.5. The molecule has 140 valence electrons. The second kappa shape index (κ2) is 6.93. The van der Waals surface area contributed by atoms with E-state index in [4.69, 9.17) is 9.72 Å². The lowest BCUT2D eigenvalue weighted by Crippen LogP contribution is -2.37. The highest BCUT2D eigenvalue weighted by molar-refractivity contribution is 5.64. The molecule has 0 bridgehead atoms. The molecule has 1 saturated heterocycles. The zero-order chi connectivity index (χ0) is 18.9. The van der Waals surface area contributed by atoms with Crippen LogP contribution in [-0.2, 0) is 4.74 Å². The molecule has 5 rings (SSSR count). The Kier molecular flexibility index (Phi) is 4.13. The van der Waals surface area contributed by atoms with Gasteiger partial charge in [0.15, 0.2) is 5.82 Å². The van der Waals surface area contributed by atoms with E-state index in [0.29, 0.717) is 30.8 Å². The Bertz CT molecular complexity index is 1120. The van der Waals surface area contributed by atoms with Crippen LogP contribution in [-0.4, -0.2) is 60.8 Å². The second-order valence-electron chi connectivity index (χ2n) is 6.48. The third kappa shape index (κ3) is 2.95. The van der Waals surface area contributed by atoms with Crippen molar-refractivity contribution in [1.82, 2.24) is 34.5 Å². The fraction of sp³-hybridized carbons (Fsp3) is 0.263. The first-order valence-corrected chi connectivity index (χ1v) is 9.08. The number of hydrogen-bond donors (Lipinski definition) is 0. The summed E-state index contributed by atoms with van der Waals surface area (Å²) in [5.74, 6) is 1.87. The van der Waals surface area contributed by atoms with E-state index in [0.717, 1.165) is 35.6 Å². The van der Waals surface area contributed by atoms with E-state index in [2.05, 4.69) is 29.9 Å². The third-order valence-electron chi connectivity index (χ3n) is 4.76. The van der Waals surface area contributed by atoms with Crippen LogP contribution in [0.5, 0.6) is 0 Å². The van der Waals surface area contributed by atoms with E-state index in [-0.39, 0.29) is 0 Å². The van der Waals surface area contributed by atoms with Crippen LogP contribution in [0.25, 0.3) is 28.4 Å². The van der Waals surface area contributed by atoms with Gasteiger partial charge in [0.25, 0.3) is 5.78 Å². The average Bonchev–Trinajstić information content (AvgIpc) is 3.21. The maximum Gasteiger partial charge on any atom is 0.252 e. The van der Waals surface area contributed by atoms with E-state index in [9.17, 15) is 0 Å². The number of hydrogen-bond acceptors (Lipinski definition) is 8. The molecule has 4 aromatic rings. The molecule has 0 spiro atoms. The van der Waals surface area contributed by atoms with Crippen LogP contribution in [0.3, 0.4) is 0 Å². The van der Waals surface area contributed by atoms with Crippen LogP contribution in [0, 0.1) is 6.92 Å². The third-order valence-corrected chi connectivity index (χ3v) is 4.76. The molecule has 5 heterocycles. The molecule has 0 saturated carbocycles. The quantitative estimate of drug-likeness (QED) is 0.536. The maximum absolute atomic E-state index is 5.41. The van der Waals surface area contributed by atoms with E-state index < -0.39 is 0 Å². The summed E-state index contributed by atoms with van der Waals surface area (Å²) in [4.78, 5) is 24.4. The molecule has 0 unspecified atom stereocenters. The van der Waals surface area contributed by atoms with Gasteiger partial charge in [-0.1, -0.05) is 0 Å². The lowest BCUT2D eigenvalue weighted by atomic mass is 10.2. The summed E-state index contributed by atoms with van der Waals surface area (Å²) in [5, 5.41) is 4.63.